The summed E-state index contributed by atoms with van der Waals surface area (Å²) in [7, 11) is -3.08. The van der Waals surface area contributed by atoms with E-state index in [4.69, 9.17) is 29.2 Å². The van der Waals surface area contributed by atoms with E-state index in [-0.39, 0.29) is 49.0 Å². The average Bonchev–Trinajstić information content (AvgIpc) is 3.64. The van der Waals surface area contributed by atoms with Gasteiger partial charge in [-0.2, -0.15) is 9.97 Å². The van der Waals surface area contributed by atoms with Gasteiger partial charge in [0, 0.05) is 0 Å². The highest BCUT2D eigenvalue weighted by Crippen LogP contribution is 2.44. The first-order valence-corrected chi connectivity index (χ1v) is 18.3. The third-order valence-electron chi connectivity index (χ3n) is 8.39. The molecule has 0 amide bonds. The summed E-state index contributed by atoms with van der Waals surface area (Å²) in [6.07, 6.45) is -2.74. The fourth-order valence-electron chi connectivity index (χ4n) is 5.85. The van der Waals surface area contributed by atoms with Crippen LogP contribution in [0.5, 0.6) is 5.88 Å². The third kappa shape index (κ3) is 8.93. The summed E-state index contributed by atoms with van der Waals surface area (Å²) in [4.78, 5) is 39.1. The lowest BCUT2D eigenvalue weighted by Gasteiger charge is -2.30. The molecule has 1 aliphatic rings. The largest absolute Gasteiger partial charge is 0.479 e. The number of hydrogen-bond donors (Lipinski definition) is 5. The number of hydrogen-bond acceptors (Lipinski definition) is 14. The Morgan fingerprint density at radius 2 is 1.52 bits per heavy atom. The number of nitrogens with zero attached hydrogens (tertiary/aromatic N) is 4. The number of carbonyl (C=O) groups is 2. The van der Waals surface area contributed by atoms with Gasteiger partial charge in [0.1, 0.15) is 29.9 Å². The van der Waals surface area contributed by atoms with E-state index in [1.165, 1.54) is 24.9 Å². The van der Waals surface area contributed by atoms with E-state index in [2.05, 4.69) is 25.1 Å². The van der Waals surface area contributed by atoms with Gasteiger partial charge in [0.2, 0.25) is 11.8 Å². The molecule has 0 bridgehead atoms. The van der Waals surface area contributed by atoms with E-state index in [9.17, 15) is 24.4 Å². The Morgan fingerprint density at radius 1 is 0.981 bits per heavy atom. The third-order valence-corrected chi connectivity index (χ3v) is 10.2. The van der Waals surface area contributed by atoms with Crippen molar-refractivity contribution in [3.8, 4) is 5.88 Å². The molecule has 0 saturated carbocycles. The quantitative estimate of drug-likeness (QED) is 0.0770. The molecule has 1 aliphatic heterocycles. The van der Waals surface area contributed by atoms with Gasteiger partial charge in [-0.1, -0.05) is 60.7 Å². The van der Waals surface area contributed by atoms with Crippen LogP contribution in [-0.4, -0.2) is 98.5 Å². The second kappa shape index (κ2) is 16.9. The topological polar surface area (TPSA) is 232 Å². The number of anilines is 1. The van der Waals surface area contributed by atoms with E-state index in [1.54, 1.807) is 62.4 Å². The summed E-state index contributed by atoms with van der Waals surface area (Å²) in [5.41, 5.74) is 5.77. The number of carbonyl (C=O) groups excluding carboxylic acids is 2. The van der Waals surface area contributed by atoms with Crippen LogP contribution in [0.2, 0.25) is 0 Å². The highest BCUT2D eigenvalue weighted by molar-refractivity contribution is 7.54. The molecular weight excluding hydrogens is 697 g/mol. The van der Waals surface area contributed by atoms with Crippen LogP contribution in [0.25, 0.3) is 11.2 Å². The van der Waals surface area contributed by atoms with Gasteiger partial charge in [0.25, 0.3) is 0 Å². The zero-order chi connectivity index (χ0) is 37.5. The maximum atomic E-state index is 14.9. The summed E-state index contributed by atoms with van der Waals surface area (Å²) >= 11 is 0. The zero-order valence-electron chi connectivity index (χ0n) is 29.2. The Balaban J connectivity index is 1.46. The minimum atomic E-state index is -4.46. The molecule has 280 valence electrons. The molecule has 18 heteroatoms. The molecular formula is C34H44N7O10P. The minimum Gasteiger partial charge on any atom is -0.479 e. The van der Waals surface area contributed by atoms with Gasteiger partial charge in [-0.3, -0.25) is 18.7 Å². The number of benzene rings is 2. The van der Waals surface area contributed by atoms with Crippen molar-refractivity contribution in [3.63, 3.8) is 0 Å². The number of aromatic nitrogens is 4. The van der Waals surface area contributed by atoms with Crippen LogP contribution in [0.15, 0.2) is 67.0 Å². The Kier molecular flexibility index (Phi) is 12.6. The summed E-state index contributed by atoms with van der Waals surface area (Å²) in [5.74, 6) is -1.45. The highest BCUT2D eigenvalue weighted by Gasteiger charge is 2.54. The van der Waals surface area contributed by atoms with Crippen LogP contribution < -0.4 is 20.6 Å². The van der Waals surface area contributed by atoms with Crippen molar-refractivity contribution in [2.45, 2.75) is 69.7 Å². The normalized spacial score (nSPS) is 21.5. The van der Waals surface area contributed by atoms with Crippen LogP contribution in [0, 0.1) is 0 Å². The molecule has 0 radical (unpaired) electrons. The number of nitrogens with two attached hydrogens (primary N) is 1. The van der Waals surface area contributed by atoms with Crippen molar-refractivity contribution in [1.29, 1.82) is 0 Å². The molecule has 6 atom stereocenters. The van der Waals surface area contributed by atoms with Crippen LogP contribution in [0.4, 0.5) is 5.95 Å². The smallest absolute Gasteiger partial charge is 0.342 e. The molecule has 52 heavy (non-hydrogen) atoms. The molecule has 2 aromatic heterocycles. The SMILES string of the molecule is CCOC(=O)[C@H](Cc1ccccc1)NP(=O)(N[C@@H](Cc1ccccc1)C(=O)OCC)OC[C@H]1O[C@@H](n2cnc3c(OC)nc(N)nc32)C(C)(O)C1O. The second-order valence-electron chi connectivity index (χ2n) is 12.2. The first kappa shape index (κ1) is 38.7. The van der Waals surface area contributed by atoms with Crippen LogP contribution in [0.1, 0.15) is 38.1 Å². The number of aliphatic hydroxyl groups is 2. The van der Waals surface area contributed by atoms with E-state index >= 15 is 0 Å². The standard InChI is InChI=1S/C34H44N7O10P/c1-5-48-30(43)23(17-21-13-9-7-10-14-21)39-52(46,40-24(31(44)49-6-2)18-22-15-11-8-12-16-22)50-19-25-27(42)34(3,45)32(51-25)41-20-36-26-28(41)37-33(35)38-29(26)47-4/h7-16,20,23-25,27,32,42,45H,5-6,17-19H2,1-4H3,(H2,35,37,38)(H2,39,40,46)/t23-,24-,25+,27?,32+,34?/m0/s1. The Bertz CT molecular complexity index is 1790. The number of ether oxygens (including phenoxy) is 4. The molecule has 6 N–H and O–H groups in total. The maximum absolute atomic E-state index is 14.9. The number of nitrogen functional groups attached to an aromatic ring is 1. The van der Waals surface area contributed by atoms with Gasteiger partial charge in [0.15, 0.2) is 17.4 Å². The first-order valence-electron chi connectivity index (χ1n) is 16.7. The van der Waals surface area contributed by atoms with Crippen molar-refractivity contribution in [3.05, 3.63) is 78.1 Å². The molecule has 2 unspecified atom stereocenters. The highest BCUT2D eigenvalue weighted by atomic mass is 31.2. The number of fused-ring (bicyclic) bond motifs is 1. The molecule has 17 nitrogen and oxygen atoms in total. The van der Waals surface area contributed by atoms with Crippen molar-refractivity contribution < 1.29 is 47.8 Å². The predicted octanol–water partition coefficient (Wildman–Crippen LogP) is 2.08. The fourth-order valence-corrected chi connectivity index (χ4v) is 7.64. The summed E-state index contributed by atoms with van der Waals surface area (Å²) in [6.45, 7) is 4.15. The predicted molar refractivity (Wildman–Crippen MR) is 188 cm³/mol. The van der Waals surface area contributed by atoms with Gasteiger partial charge in [0.05, 0.1) is 33.3 Å². The van der Waals surface area contributed by atoms with Gasteiger partial charge in [-0.05, 0) is 44.7 Å². The number of esters is 2. The number of imidazole rings is 1. The molecule has 1 fully saturated rings. The van der Waals surface area contributed by atoms with Gasteiger partial charge < -0.3 is 39.4 Å². The van der Waals surface area contributed by atoms with Crippen LogP contribution in [-0.2, 0) is 45.7 Å². The Labute approximate surface area is 300 Å². The number of methoxy groups -OCH3 is 1. The van der Waals surface area contributed by atoms with Crippen molar-refractivity contribution in [1.82, 2.24) is 29.7 Å². The summed E-state index contributed by atoms with van der Waals surface area (Å²) in [6, 6.07) is 15.6. The Hall–Kier alpha value is -4.48. The monoisotopic (exact) mass is 741 g/mol. The second-order valence-corrected chi connectivity index (χ2v) is 14.1. The van der Waals surface area contributed by atoms with E-state index in [0.717, 1.165) is 11.1 Å². The van der Waals surface area contributed by atoms with Crippen molar-refractivity contribution in [2.75, 3.05) is 32.7 Å². The number of rotatable bonds is 17. The fraction of sp³-hybridized carbons (Fsp3) is 0.441. The maximum Gasteiger partial charge on any atom is 0.342 e. The molecule has 2 aromatic carbocycles. The number of aliphatic hydroxyl groups excluding tert-OH is 1. The van der Waals surface area contributed by atoms with Crippen LogP contribution >= 0.6 is 7.67 Å². The molecule has 0 aliphatic carbocycles. The lowest BCUT2D eigenvalue weighted by molar-refractivity contribution is -0.145. The minimum absolute atomic E-state index is 0.0494. The van der Waals surface area contributed by atoms with E-state index < -0.39 is 62.3 Å². The molecule has 1 saturated heterocycles. The summed E-state index contributed by atoms with van der Waals surface area (Å²) < 4.78 is 44.3. The molecule has 3 heterocycles. The van der Waals surface area contributed by atoms with Gasteiger partial charge in [-0.15, -0.1) is 0 Å². The van der Waals surface area contributed by atoms with Gasteiger partial charge >= 0.3 is 19.6 Å². The van der Waals surface area contributed by atoms with Crippen molar-refractivity contribution >= 4 is 36.7 Å². The Morgan fingerprint density at radius 3 is 2.02 bits per heavy atom. The molecule has 4 aromatic rings. The average molecular weight is 742 g/mol. The lowest BCUT2D eigenvalue weighted by atomic mass is 9.96. The number of nitrogens with one attached hydrogen (secondary N) is 2. The van der Waals surface area contributed by atoms with Crippen LogP contribution in [0.3, 0.4) is 0 Å². The zero-order valence-corrected chi connectivity index (χ0v) is 30.1. The first-order chi connectivity index (χ1) is 24.9. The van der Waals surface area contributed by atoms with Crippen molar-refractivity contribution in [2.24, 2.45) is 0 Å². The summed E-state index contributed by atoms with van der Waals surface area (Å²) in [5, 5.41) is 28.5. The van der Waals surface area contributed by atoms with E-state index in [1.807, 2.05) is 12.1 Å². The van der Waals surface area contributed by atoms with Gasteiger partial charge in [-0.25, -0.2) is 15.2 Å². The molecule has 5 rings (SSSR count). The van der Waals surface area contributed by atoms with E-state index in [0.29, 0.717) is 0 Å². The lowest BCUT2D eigenvalue weighted by Crippen LogP contribution is -2.47. The molecule has 0 spiro atoms.